The summed E-state index contributed by atoms with van der Waals surface area (Å²) in [5.41, 5.74) is 3.07. The lowest BCUT2D eigenvalue weighted by Crippen LogP contribution is -2.45. The zero-order valence-corrected chi connectivity index (χ0v) is 15.5. The van der Waals surface area contributed by atoms with Crippen LogP contribution < -0.4 is 5.32 Å². The lowest BCUT2D eigenvalue weighted by molar-refractivity contribution is 0.0868. The van der Waals surface area contributed by atoms with Crippen molar-refractivity contribution in [1.29, 1.82) is 0 Å². The molecule has 3 atom stereocenters. The van der Waals surface area contributed by atoms with Gasteiger partial charge < -0.3 is 5.32 Å². The van der Waals surface area contributed by atoms with Crippen molar-refractivity contribution in [2.75, 3.05) is 0 Å². The van der Waals surface area contributed by atoms with E-state index in [0.717, 1.165) is 17.5 Å². The summed E-state index contributed by atoms with van der Waals surface area (Å²) in [7, 11) is 0. The first-order valence-electron chi connectivity index (χ1n) is 9.51. The molecule has 1 amide bonds. The van der Waals surface area contributed by atoms with Crippen LogP contribution in [-0.2, 0) is 0 Å². The quantitative estimate of drug-likeness (QED) is 0.780. The Kier molecular flexibility index (Phi) is 5.57. The molecule has 3 unspecified atom stereocenters. The van der Waals surface area contributed by atoms with Crippen molar-refractivity contribution in [3.05, 3.63) is 60.2 Å². The van der Waals surface area contributed by atoms with E-state index in [1.807, 2.05) is 42.5 Å². The number of amides is 1. The van der Waals surface area contributed by atoms with Crippen LogP contribution in [0.4, 0.5) is 0 Å². The van der Waals surface area contributed by atoms with Crippen LogP contribution in [0.2, 0.25) is 0 Å². The van der Waals surface area contributed by atoms with Gasteiger partial charge in [-0.1, -0.05) is 69.7 Å². The second kappa shape index (κ2) is 7.86. The van der Waals surface area contributed by atoms with Gasteiger partial charge in [0, 0.05) is 11.6 Å². The van der Waals surface area contributed by atoms with E-state index in [4.69, 9.17) is 0 Å². The fraction of sp³-hybridized carbons (Fsp3) is 0.435. The largest absolute Gasteiger partial charge is 0.349 e. The van der Waals surface area contributed by atoms with E-state index < -0.39 is 0 Å². The summed E-state index contributed by atoms with van der Waals surface area (Å²) >= 11 is 0. The lowest BCUT2D eigenvalue weighted by Gasteiger charge is -2.37. The first kappa shape index (κ1) is 17.7. The minimum atomic E-state index is 0.0596. The van der Waals surface area contributed by atoms with Crippen molar-refractivity contribution >= 4 is 5.91 Å². The van der Waals surface area contributed by atoms with E-state index in [-0.39, 0.29) is 5.91 Å². The summed E-state index contributed by atoms with van der Waals surface area (Å²) in [5.74, 6) is 1.95. The first-order valence-corrected chi connectivity index (χ1v) is 9.51. The molecule has 1 aliphatic rings. The third-order valence-electron chi connectivity index (χ3n) is 5.59. The molecule has 132 valence electrons. The predicted molar refractivity (Wildman–Crippen MR) is 104 cm³/mol. The molecule has 0 radical (unpaired) electrons. The van der Waals surface area contributed by atoms with Crippen LogP contribution in [0.5, 0.6) is 0 Å². The average Bonchev–Trinajstić information content (AvgIpc) is 2.62. The topological polar surface area (TPSA) is 29.1 Å². The SMILES string of the molecule is CC1CCC(C(C)C)C(NC(=O)c2ccc(-c3ccccc3)cc2)C1. The molecule has 0 bridgehead atoms. The van der Waals surface area contributed by atoms with E-state index in [9.17, 15) is 4.79 Å². The summed E-state index contributed by atoms with van der Waals surface area (Å²) in [5, 5.41) is 3.32. The highest BCUT2D eigenvalue weighted by Gasteiger charge is 2.31. The maximum atomic E-state index is 12.7. The van der Waals surface area contributed by atoms with Crippen molar-refractivity contribution in [1.82, 2.24) is 5.32 Å². The van der Waals surface area contributed by atoms with Gasteiger partial charge in [0.05, 0.1) is 0 Å². The van der Waals surface area contributed by atoms with Crippen LogP contribution in [0.3, 0.4) is 0 Å². The van der Waals surface area contributed by atoms with Crippen LogP contribution in [0.1, 0.15) is 50.4 Å². The number of carbonyl (C=O) groups excluding carboxylic acids is 1. The fourth-order valence-corrected chi connectivity index (χ4v) is 4.06. The summed E-state index contributed by atoms with van der Waals surface area (Å²) in [4.78, 5) is 12.7. The van der Waals surface area contributed by atoms with Gasteiger partial charge in [-0.05, 0) is 53.9 Å². The fourth-order valence-electron chi connectivity index (χ4n) is 4.06. The van der Waals surface area contributed by atoms with Gasteiger partial charge >= 0.3 is 0 Å². The summed E-state index contributed by atoms with van der Waals surface area (Å²) in [6.45, 7) is 6.84. The molecule has 3 rings (SSSR count). The zero-order chi connectivity index (χ0) is 17.8. The molecule has 25 heavy (non-hydrogen) atoms. The molecular weight excluding hydrogens is 306 g/mol. The van der Waals surface area contributed by atoms with Crippen molar-refractivity contribution < 1.29 is 4.79 Å². The Bertz CT molecular complexity index is 690. The van der Waals surface area contributed by atoms with Crippen molar-refractivity contribution in [2.24, 2.45) is 17.8 Å². The molecule has 2 aromatic carbocycles. The van der Waals surface area contributed by atoms with E-state index in [2.05, 4.69) is 38.2 Å². The van der Waals surface area contributed by atoms with Gasteiger partial charge in [-0.2, -0.15) is 0 Å². The molecule has 2 heteroatoms. The van der Waals surface area contributed by atoms with E-state index >= 15 is 0 Å². The number of carbonyl (C=O) groups is 1. The molecule has 0 spiro atoms. The van der Waals surface area contributed by atoms with Crippen molar-refractivity contribution in [3.8, 4) is 11.1 Å². The van der Waals surface area contributed by atoms with Gasteiger partial charge in [-0.25, -0.2) is 0 Å². The zero-order valence-electron chi connectivity index (χ0n) is 15.5. The Balaban J connectivity index is 1.70. The van der Waals surface area contributed by atoms with Gasteiger partial charge in [0.15, 0.2) is 0 Å². The van der Waals surface area contributed by atoms with Gasteiger partial charge in [-0.15, -0.1) is 0 Å². The second-order valence-corrected chi connectivity index (χ2v) is 7.85. The smallest absolute Gasteiger partial charge is 0.251 e. The van der Waals surface area contributed by atoms with Crippen LogP contribution in [0, 0.1) is 17.8 Å². The molecular formula is C23H29NO. The van der Waals surface area contributed by atoms with Gasteiger partial charge in [0.25, 0.3) is 5.91 Å². The molecule has 2 aromatic rings. The van der Waals surface area contributed by atoms with Gasteiger partial charge in [0.2, 0.25) is 0 Å². The number of hydrogen-bond donors (Lipinski definition) is 1. The summed E-state index contributed by atoms with van der Waals surface area (Å²) in [6.07, 6.45) is 3.59. The molecule has 0 saturated heterocycles. The van der Waals surface area contributed by atoms with Crippen LogP contribution in [0.15, 0.2) is 54.6 Å². The van der Waals surface area contributed by atoms with Gasteiger partial charge in [0.1, 0.15) is 0 Å². The number of benzene rings is 2. The predicted octanol–water partition coefficient (Wildman–Crippen LogP) is 5.54. The number of rotatable bonds is 4. The molecule has 1 fully saturated rings. The Labute approximate surface area is 151 Å². The minimum Gasteiger partial charge on any atom is -0.349 e. The number of hydrogen-bond acceptors (Lipinski definition) is 1. The standard InChI is InChI=1S/C23H29NO/c1-16(2)21-14-9-17(3)15-22(21)24-23(25)20-12-10-19(11-13-20)18-7-5-4-6-8-18/h4-8,10-13,16-17,21-22H,9,14-15H2,1-3H3,(H,24,25). The van der Waals surface area contributed by atoms with E-state index in [0.29, 0.717) is 23.8 Å². The molecule has 1 N–H and O–H groups in total. The van der Waals surface area contributed by atoms with Crippen LogP contribution in [0.25, 0.3) is 11.1 Å². The van der Waals surface area contributed by atoms with E-state index in [1.54, 1.807) is 0 Å². The third-order valence-corrected chi connectivity index (χ3v) is 5.59. The lowest BCUT2D eigenvalue weighted by atomic mass is 9.74. The molecule has 1 saturated carbocycles. The van der Waals surface area contributed by atoms with Crippen molar-refractivity contribution in [2.45, 2.75) is 46.1 Å². The number of nitrogens with one attached hydrogen (secondary N) is 1. The second-order valence-electron chi connectivity index (χ2n) is 7.85. The van der Waals surface area contributed by atoms with E-state index in [1.165, 1.54) is 18.4 Å². The highest BCUT2D eigenvalue weighted by molar-refractivity contribution is 5.94. The Morgan fingerprint density at radius 3 is 2.24 bits per heavy atom. The van der Waals surface area contributed by atoms with Crippen molar-refractivity contribution in [3.63, 3.8) is 0 Å². The molecule has 1 aliphatic carbocycles. The molecule has 0 aliphatic heterocycles. The molecule has 0 heterocycles. The monoisotopic (exact) mass is 335 g/mol. The molecule has 2 nitrogen and oxygen atoms in total. The summed E-state index contributed by atoms with van der Waals surface area (Å²) < 4.78 is 0. The Morgan fingerprint density at radius 2 is 1.60 bits per heavy atom. The minimum absolute atomic E-state index is 0.0596. The highest BCUT2D eigenvalue weighted by atomic mass is 16.1. The van der Waals surface area contributed by atoms with Gasteiger partial charge in [-0.3, -0.25) is 4.79 Å². The Hall–Kier alpha value is -2.09. The van der Waals surface area contributed by atoms with Crippen LogP contribution >= 0.6 is 0 Å². The third kappa shape index (κ3) is 4.31. The van der Waals surface area contributed by atoms with Crippen LogP contribution in [-0.4, -0.2) is 11.9 Å². The Morgan fingerprint density at radius 1 is 0.960 bits per heavy atom. The summed E-state index contributed by atoms with van der Waals surface area (Å²) in [6, 6.07) is 18.5. The molecule has 0 aromatic heterocycles. The maximum absolute atomic E-state index is 12.7. The first-order chi connectivity index (χ1) is 12.0. The average molecular weight is 335 g/mol. The maximum Gasteiger partial charge on any atom is 0.251 e. The normalized spacial score (nSPS) is 23.4. The highest BCUT2D eigenvalue weighted by Crippen LogP contribution is 2.33.